The predicted octanol–water partition coefficient (Wildman–Crippen LogP) is 4.84. The molecule has 0 radical (unpaired) electrons. The van der Waals surface area contributed by atoms with E-state index in [0.717, 1.165) is 17.7 Å². The van der Waals surface area contributed by atoms with Gasteiger partial charge >= 0.3 is 0 Å². The van der Waals surface area contributed by atoms with Gasteiger partial charge in [-0.1, -0.05) is 36.2 Å². The van der Waals surface area contributed by atoms with Crippen LogP contribution in [0.2, 0.25) is 10.0 Å². The molecule has 0 aliphatic carbocycles. The van der Waals surface area contributed by atoms with Crippen molar-refractivity contribution in [2.75, 3.05) is 13.7 Å². The number of nitrogens with one attached hydrogen (secondary N) is 1. The van der Waals surface area contributed by atoms with Gasteiger partial charge in [-0.25, -0.2) is 4.39 Å². The normalized spacial score (nSPS) is 12.2. The standard InChI is InChI=1S/C16H16Cl2FNO/c1-3-20-16(10-4-6-14(19)13(18)8-10)12-9-11(17)5-7-15(12)21-2/h4-9,16,20H,3H2,1-2H3. The van der Waals surface area contributed by atoms with E-state index >= 15 is 0 Å². The molecule has 0 bridgehead atoms. The van der Waals surface area contributed by atoms with Gasteiger partial charge in [-0.05, 0) is 42.4 Å². The molecule has 0 aromatic heterocycles. The zero-order valence-electron chi connectivity index (χ0n) is 11.8. The third-order valence-corrected chi connectivity index (χ3v) is 3.71. The van der Waals surface area contributed by atoms with Crippen LogP contribution in [-0.2, 0) is 0 Å². The lowest BCUT2D eigenvalue weighted by Crippen LogP contribution is -2.22. The Morgan fingerprint density at radius 2 is 1.95 bits per heavy atom. The summed E-state index contributed by atoms with van der Waals surface area (Å²) in [4.78, 5) is 0. The van der Waals surface area contributed by atoms with Crippen LogP contribution in [0.25, 0.3) is 0 Å². The first-order chi connectivity index (χ1) is 10.1. The molecule has 0 aliphatic heterocycles. The Labute approximate surface area is 133 Å². The molecule has 21 heavy (non-hydrogen) atoms. The summed E-state index contributed by atoms with van der Waals surface area (Å²) in [5, 5.41) is 4.05. The van der Waals surface area contributed by atoms with Crippen molar-refractivity contribution in [1.29, 1.82) is 0 Å². The minimum atomic E-state index is -0.436. The highest BCUT2D eigenvalue weighted by atomic mass is 35.5. The first-order valence-electron chi connectivity index (χ1n) is 6.58. The fourth-order valence-corrected chi connectivity index (χ4v) is 2.60. The maximum absolute atomic E-state index is 13.4. The minimum Gasteiger partial charge on any atom is -0.496 e. The van der Waals surface area contributed by atoms with Gasteiger partial charge in [0.2, 0.25) is 0 Å². The summed E-state index contributed by atoms with van der Waals surface area (Å²) in [7, 11) is 1.60. The average Bonchev–Trinajstić information content (AvgIpc) is 2.48. The second kappa shape index (κ2) is 7.12. The Bertz CT molecular complexity index is 634. The maximum Gasteiger partial charge on any atom is 0.141 e. The smallest absolute Gasteiger partial charge is 0.141 e. The quantitative estimate of drug-likeness (QED) is 0.848. The van der Waals surface area contributed by atoms with Gasteiger partial charge in [-0.3, -0.25) is 0 Å². The van der Waals surface area contributed by atoms with Crippen molar-refractivity contribution in [2.24, 2.45) is 0 Å². The molecule has 1 unspecified atom stereocenters. The molecule has 112 valence electrons. The molecule has 0 fully saturated rings. The van der Waals surface area contributed by atoms with E-state index in [-0.39, 0.29) is 11.1 Å². The second-order valence-corrected chi connectivity index (χ2v) is 5.39. The number of rotatable bonds is 5. The number of methoxy groups -OCH3 is 1. The molecule has 2 rings (SSSR count). The Kier molecular flexibility index (Phi) is 5.45. The van der Waals surface area contributed by atoms with Crippen molar-refractivity contribution < 1.29 is 9.13 Å². The zero-order valence-corrected chi connectivity index (χ0v) is 13.3. The number of hydrogen-bond donors (Lipinski definition) is 1. The van der Waals surface area contributed by atoms with Crippen molar-refractivity contribution in [3.05, 3.63) is 63.4 Å². The molecule has 2 aromatic rings. The lowest BCUT2D eigenvalue weighted by Gasteiger charge is -2.22. The highest BCUT2D eigenvalue weighted by molar-refractivity contribution is 6.31. The Morgan fingerprint density at radius 1 is 1.19 bits per heavy atom. The van der Waals surface area contributed by atoms with Crippen LogP contribution in [0.1, 0.15) is 24.1 Å². The summed E-state index contributed by atoms with van der Waals surface area (Å²) in [6.07, 6.45) is 0. The van der Waals surface area contributed by atoms with Crippen molar-refractivity contribution in [2.45, 2.75) is 13.0 Å². The van der Waals surface area contributed by atoms with E-state index in [1.807, 2.05) is 19.1 Å². The molecule has 0 amide bonds. The Hall–Kier alpha value is -1.29. The number of hydrogen-bond acceptors (Lipinski definition) is 2. The van der Waals surface area contributed by atoms with Gasteiger partial charge in [0.05, 0.1) is 18.2 Å². The second-order valence-electron chi connectivity index (χ2n) is 4.55. The van der Waals surface area contributed by atoms with Crippen molar-refractivity contribution in [3.63, 3.8) is 0 Å². The van der Waals surface area contributed by atoms with Crippen molar-refractivity contribution in [3.8, 4) is 5.75 Å². The predicted molar refractivity (Wildman–Crippen MR) is 84.9 cm³/mol. The fraction of sp³-hybridized carbons (Fsp3) is 0.250. The third kappa shape index (κ3) is 3.67. The molecular weight excluding hydrogens is 312 g/mol. The number of halogens is 3. The lowest BCUT2D eigenvalue weighted by molar-refractivity contribution is 0.404. The van der Waals surface area contributed by atoms with E-state index in [4.69, 9.17) is 27.9 Å². The van der Waals surface area contributed by atoms with Crippen LogP contribution in [0.5, 0.6) is 5.75 Å². The summed E-state index contributed by atoms with van der Waals surface area (Å²) in [6.45, 7) is 2.73. The number of ether oxygens (including phenoxy) is 1. The van der Waals surface area contributed by atoms with Crippen LogP contribution >= 0.6 is 23.2 Å². The molecule has 5 heteroatoms. The van der Waals surface area contributed by atoms with Crippen LogP contribution in [0, 0.1) is 5.82 Å². The summed E-state index contributed by atoms with van der Waals surface area (Å²) in [5.41, 5.74) is 1.73. The van der Waals surface area contributed by atoms with Crippen LogP contribution in [-0.4, -0.2) is 13.7 Å². The first-order valence-corrected chi connectivity index (χ1v) is 7.34. The zero-order chi connectivity index (χ0) is 15.4. The van der Waals surface area contributed by atoms with Gasteiger partial charge < -0.3 is 10.1 Å². The van der Waals surface area contributed by atoms with Crippen molar-refractivity contribution >= 4 is 23.2 Å². The summed E-state index contributed by atoms with van der Waals surface area (Å²) in [6, 6.07) is 9.92. The molecule has 1 atom stereocenters. The van der Waals surface area contributed by atoms with Crippen LogP contribution in [0.15, 0.2) is 36.4 Å². The summed E-state index contributed by atoms with van der Waals surface area (Å²) < 4.78 is 18.8. The van der Waals surface area contributed by atoms with Crippen molar-refractivity contribution in [1.82, 2.24) is 5.32 Å². The highest BCUT2D eigenvalue weighted by Gasteiger charge is 2.19. The lowest BCUT2D eigenvalue weighted by atomic mass is 9.97. The minimum absolute atomic E-state index is 0.0939. The molecule has 0 aliphatic rings. The molecule has 2 nitrogen and oxygen atoms in total. The fourth-order valence-electron chi connectivity index (χ4n) is 2.23. The van der Waals surface area contributed by atoms with Crippen LogP contribution in [0.3, 0.4) is 0 Å². The van der Waals surface area contributed by atoms with E-state index in [0.29, 0.717) is 10.8 Å². The van der Waals surface area contributed by atoms with E-state index in [9.17, 15) is 4.39 Å². The van der Waals surface area contributed by atoms with Crippen LogP contribution < -0.4 is 10.1 Å². The highest BCUT2D eigenvalue weighted by Crippen LogP contribution is 2.33. The monoisotopic (exact) mass is 327 g/mol. The van der Waals surface area contributed by atoms with E-state index in [2.05, 4.69) is 5.32 Å². The van der Waals surface area contributed by atoms with Crippen LogP contribution in [0.4, 0.5) is 4.39 Å². The summed E-state index contributed by atoms with van der Waals surface area (Å²) >= 11 is 12.0. The van der Waals surface area contributed by atoms with E-state index in [1.54, 1.807) is 25.3 Å². The van der Waals surface area contributed by atoms with Gasteiger partial charge in [0.15, 0.2) is 0 Å². The molecule has 0 saturated carbocycles. The Balaban J connectivity index is 2.52. The molecular formula is C16H16Cl2FNO. The SMILES string of the molecule is CCNC(c1ccc(F)c(Cl)c1)c1cc(Cl)ccc1OC. The molecule has 0 saturated heterocycles. The largest absolute Gasteiger partial charge is 0.496 e. The Morgan fingerprint density at radius 3 is 2.57 bits per heavy atom. The van der Waals surface area contributed by atoms with Gasteiger partial charge in [0, 0.05) is 10.6 Å². The van der Waals surface area contributed by atoms with Gasteiger partial charge in [-0.15, -0.1) is 0 Å². The molecule has 1 N–H and O–H groups in total. The maximum atomic E-state index is 13.4. The van der Waals surface area contributed by atoms with E-state index in [1.165, 1.54) is 6.07 Å². The molecule has 2 aromatic carbocycles. The van der Waals surface area contributed by atoms with Gasteiger partial charge in [0.1, 0.15) is 11.6 Å². The van der Waals surface area contributed by atoms with Gasteiger partial charge in [-0.2, -0.15) is 0 Å². The number of benzene rings is 2. The topological polar surface area (TPSA) is 21.3 Å². The van der Waals surface area contributed by atoms with E-state index < -0.39 is 5.82 Å². The molecule has 0 heterocycles. The summed E-state index contributed by atoms with van der Waals surface area (Å²) in [5.74, 6) is 0.277. The third-order valence-electron chi connectivity index (χ3n) is 3.19. The average molecular weight is 328 g/mol. The first kappa shape index (κ1) is 16.1. The van der Waals surface area contributed by atoms with Gasteiger partial charge in [0.25, 0.3) is 0 Å². The molecule has 0 spiro atoms.